The van der Waals surface area contributed by atoms with Crippen LogP contribution in [0.3, 0.4) is 0 Å². The van der Waals surface area contributed by atoms with Gasteiger partial charge in [-0.3, -0.25) is 9.10 Å². The maximum absolute atomic E-state index is 12.9. The number of carbonyl (C=O) groups is 1. The first-order chi connectivity index (χ1) is 13.4. The third-order valence-electron chi connectivity index (χ3n) is 4.51. The highest BCUT2D eigenvalue weighted by Gasteiger charge is 2.31. The van der Waals surface area contributed by atoms with Gasteiger partial charge in [-0.1, -0.05) is 18.2 Å². The van der Waals surface area contributed by atoms with E-state index in [0.29, 0.717) is 5.69 Å². The summed E-state index contributed by atoms with van der Waals surface area (Å²) in [5.74, 6) is -0.295. The first kappa shape index (κ1) is 22.7. The molecule has 9 heteroatoms. The number of aryl methyl sites for hydroxylation is 1. The summed E-state index contributed by atoms with van der Waals surface area (Å²) in [6.07, 6.45) is -3.48. The van der Waals surface area contributed by atoms with Crippen molar-refractivity contribution >= 4 is 27.3 Å². The number of halogens is 3. The normalized spacial score (nSPS) is 11.9. The van der Waals surface area contributed by atoms with Crippen LogP contribution in [0.5, 0.6) is 0 Å². The minimum absolute atomic E-state index is 0.0262. The van der Waals surface area contributed by atoms with Gasteiger partial charge in [-0.25, -0.2) is 8.42 Å². The number of anilines is 2. The number of benzene rings is 2. The van der Waals surface area contributed by atoms with Crippen molar-refractivity contribution in [1.29, 1.82) is 0 Å². The van der Waals surface area contributed by atoms with Gasteiger partial charge in [0, 0.05) is 18.7 Å². The fraction of sp³-hybridized carbons (Fsp3) is 0.350. The summed E-state index contributed by atoms with van der Waals surface area (Å²) >= 11 is 0. The van der Waals surface area contributed by atoms with Gasteiger partial charge in [0.05, 0.1) is 17.5 Å². The first-order valence-corrected chi connectivity index (χ1v) is 10.8. The minimum Gasteiger partial charge on any atom is -0.326 e. The molecule has 0 unspecified atom stereocenters. The Hall–Kier alpha value is -2.55. The summed E-state index contributed by atoms with van der Waals surface area (Å²) in [4.78, 5) is 12.2. The number of nitrogens with zero attached hydrogens (tertiary/aromatic N) is 1. The molecule has 0 saturated heterocycles. The summed E-state index contributed by atoms with van der Waals surface area (Å²) in [5, 5.41) is 2.78. The van der Waals surface area contributed by atoms with Crippen LogP contribution in [0.25, 0.3) is 0 Å². The molecule has 0 aromatic heterocycles. The smallest absolute Gasteiger partial charge is 0.326 e. The van der Waals surface area contributed by atoms with E-state index < -0.39 is 21.8 Å². The van der Waals surface area contributed by atoms with Crippen LogP contribution >= 0.6 is 0 Å². The van der Waals surface area contributed by atoms with Gasteiger partial charge in [0.1, 0.15) is 0 Å². The molecule has 2 aromatic rings. The third-order valence-corrected chi connectivity index (χ3v) is 5.70. The lowest BCUT2D eigenvalue weighted by atomic mass is 10.1. The van der Waals surface area contributed by atoms with Crippen molar-refractivity contribution < 1.29 is 26.4 Å². The van der Waals surface area contributed by atoms with Gasteiger partial charge in [-0.05, 0) is 55.7 Å². The average molecular weight is 428 g/mol. The zero-order valence-electron chi connectivity index (χ0n) is 16.4. The summed E-state index contributed by atoms with van der Waals surface area (Å²) in [7, 11) is -3.82. The predicted molar refractivity (Wildman–Crippen MR) is 107 cm³/mol. The molecule has 158 valence electrons. The Morgan fingerprint density at radius 2 is 1.76 bits per heavy atom. The molecule has 0 aliphatic heterocycles. The molecule has 0 spiro atoms. The maximum atomic E-state index is 12.9. The fourth-order valence-electron chi connectivity index (χ4n) is 2.81. The van der Waals surface area contributed by atoms with Crippen molar-refractivity contribution in [1.82, 2.24) is 0 Å². The Morgan fingerprint density at radius 1 is 1.10 bits per heavy atom. The van der Waals surface area contributed by atoms with Crippen molar-refractivity contribution in [2.75, 3.05) is 22.4 Å². The van der Waals surface area contributed by atoms with Crippen LogP contribution in [0.1, 0.15) is 29.5 Å². The Kier molecular flexibility index (Phi) is 6.94. The number of sulfonamides is 1. The van der Waals surface area contributed by atoms with Crippen LogP contribution in [-0.4, -0.2) is 27.1 Å². The summed E-state index contributed by atoms with van der Waals surface area (Å²) in [6.45, 7) is 3.69. The van der Waals surface area contributed by atoms with Crippen LogP contribution in [0, 0.1) is 13.8 Å². The fourth-order valence-corrected chi connectivity index (χ4v) is 3.76. The van der Waals surface area contributed by atoms with Gasteiger partial charge in [0.25, 0.3) is 0 Å². The number of hydrogen-bond acceptors (Lipinski definition) is 3. The number of alkyl halides is 3. The highest BCUT2D eigenvalue weighted by Crippen LogP contribution is 2.32. The van der Waals surface area contributed by atoms with E-state index in [2.05, 4.69) is 5.32 Å². The Labute approximate surface area is 168 Å². The number of amides is 1. The molecule has 0 radical (unpaired) electrons. The van der Waals surface area contributed by atoms with Gasteiger partial charge in [0.2, 0.25) is 15.9 Å². The number of carbonyl (C=O) groups excluding carboxylic acids is 1. The monoisotopic (exact) mass is 428 g/mol. The van der Waals surface area contributed by atoms with Gasteiger partial charge in [0.15, 0.2) is 0 Å². The van der Waals surface area contributed by atoms with E-state index in [1.54, 1.807) is 6.07 Å². The minimum atomic E-state index is -4.58. The zero-order chi connectivity index (χ0) is 21.8. The molecule has 0 saturated carbocycles. The van der Waals surface area contributed by atoms with E-state index in [1.165, 1.54) is 6.07 Å². The largest absolute Gasteiger partial charge is 0.416 e. The molecule has 0 fully saturated rings. The van der Waals surface area contributed by atoms with Gasteiger partial charge >= 0.3 is 6.18 Å². The lowest BCUT2D eigenvalue weighted by Gasteiger charge is -2.23. The second-order valence-electron chi connectivity index (χ2n) is 6.78. The van der Waals surface area contributed by atoms with Crippen LogP contribution in [0.2, 0.25) is 0 Å². The van der Waals surface area contributed by atoms with Gasteiger partial charge in [-0.15, -0.1) is 0 Å². The molecule has 0 aliphatic rings. The Balaban J connectivity index is 2.07. The predicted octanol–water partition coefficient (Wildman–Crippen LogP) is 4.51. The zero-order valence-corrected chi connectivity index (χ0v) is 17.2. The van der Waals surface area contributed by atoms with Crippen LogP contribution in [0.4, 0.5) is 24.5 Å². The van der Waals surface area contributed by atoms with E-state index in [9.17, 15) is 26.4 Å². The van der Waals surface area contributed by atoms with E-state index in [0.717, 1.165) is 39.9 Å². The second kappa shape index (κ2) is 8.86. The lowest BCUT2D eigenvalue weighted by Crippen LogP contribution is -2.31. The van der Waals surface area contributed by atoms with E-state index in [-0.39, 0.29) is 31.0 Å². The quantitative estimate of drug-likeness (QED) is 0.706. The summed E-state index contributed by atoms with van der Waals surface area (Å²) in [6, 6.07) is 9.63. The van der Waals surface area contributed by atoms with E-state index >= 15 is 0 Å². The molecule has 2 rings (SSSR count). The van der Waals surface area contributed by atoms with E-state index in [1.807, 2.05) is 26.0 Å². The molecule has 0 heterocycles. The van der Waals surface area contributed by atoms with E-state index in [4.69, 9.17) is 0 Å². The third kappa shape index (κ3) is 6.22. The maximum Gasteiger partial charge on any atom is 0.416 e. The first-order valence-electron chi connectivity index (χ1n) is 8.90. The van der Waals surface area contributed by atoms with Crippen molar-refractivity contribution in [3.05, 3.63) is 59.2 Å². The number of nitrogens with one attached hydrogen (secondary N) is 1. The number of hydrogen-bond donors (Lipinski definition) is 1. The van der Waals surface area contributed by atoms with Crippen LogP contribution < -0.4 is 9.62 Å². The second-order valence-corrected chi connectivity index (χ2v) is 8.69. The molecule has 0 atom stereocenters. The SMILES string of the molecule is Cc1cccc(NC(=O)CCCN(c2cccc(C(F)(F)F)c2)S(C)(=O)=O)c1C. The highest BCUT2D eigenvalue weighted by molar-refractivity contribution is 7.92. The molecule has 0 bridgehead atoms. The molecular weight excluding hydrogens is 405 g/mol. The molecule has 1 amide bonds. The van der Waals surface area contributed by atoms with Crippen molar-refractivity contribution in [3.63, 3.8) is 0 Å². The standard InChI is InChI=1S/C20H23F3N2O3S/c1-14-7-4-10-18(15(14)2)24-19(26)11-6-12-25(29(3,27)28)17-9-5-8-16(13-17)20(21,22)23/h4-5,7-10,13H,6,11-12H2,1-3H3,(H,24,26). The lowest BCUT2D eigenvalue weighted by molar-refractivity contribution is -0.137. The molecule has 2 aromatic carbocycles. The topological polar surface area (TPSA) is 66.5 Å². The molecule has 5 nitrogen and oxygen atoms in total. The van der Waals surface area contributed by atoms with Crippen molar-refractivity contribution in [3.8, 4) is 0 Å². The van der Waals surface area contributed by atoms with Crippen molar-refractivity contribution in [2.24, 2.45) is 0 Å². The summed E-state index contributed by atoms with van der Waals surface area (Å²) in [5.41, 5.74) is 1.61. The van der Waals surface area contributed by atoms with Crippen LogP contribution in [-0.2, 0) is 21.0 Å². The Bertz CT molecular complexity index is 989. The number of rotatable bonds is 7. The van der Waals surface area contributed by atoms with Crippen LogP contribution in [0.15, 0.2) is 42.5 Å². The van der Waals surface area contributed by atoms with Gasteiger partial charge in [-0.2, -0.15) is 13.2 Å². The Morgan fingerprint density at radius 3 is 2.38 bits per heavy atom. The molecular formula is C20H23F3N2O3S. The molecule has 0 aliphatic carbocycles. The van der Waals surface area contributed by atoms with Gasteiger partial charge < -0.3 is 5.32 Å². The molecule has 29 heavy (non-hydrogen) atoms. The average Bonchev–Trinajstić information content (AvgIpc) is 2.61. The molecule has 1 N–H and O–H groups in total. The highest BCUT2D eigenvalue weighted by atomic mass is 32.2. The van der Waals surface area contributed by atoms with Crippen molar-refractivity contribution in [2.45, 2.75) is 32.9 Å². The summed E-state index contributed by atoms with van der Waals surface area (Å²) < 4.78 is 63.9.